The maximum absolute atomic E-state index is 12.4. The molecule has 0 spiro atoms. The van der Waals surface area contributed by atoms with Crippen molar-refractivity contribution in [2.45, 2.75) is 44.3 Å². The van der Waals surface area contributed by atoms with E-state index in [1.165, 1.54) is 0 Å². The fourth-order valence-electron chi connectivity index (χ4n) is 3.26. The Morgan fingerprint density at radius 2 is 2.11 bits per heavy atom. The molecule has 1 saturated heterocycles. The van der Waals surface area contributed by atoms with Crippen molar-refractivity contribution in [2.24, 2.45) is 0 Å². The molecule has 1 aliphatic carbocycles. The predicted molar refractivity (Wildman–Crippen MR) is 96.4 cm³/mol. The second-order valence-corrected chi connectivity index (χ2v) is 7.06. The van der Waals surface area contributed by atoms with Gasteiger partial charge in [0.1, 0.15) is 0 Å². The quantitative estimate of drug-likeness (QED) is 0.754. The molecule has 27 heavy (non-hydrogen) atoms. The Bertz CT molecular complexity index is 803. The number of nitrogens with zero attached hydrogens (tertiary/aromatic N) is 3. The van der Waals surface area contributed by atoms with Gasteiger partial charge in [-0.1, -0.05) is 35.5 Å². The topological polar surface area (TPSA) is 100 Å². The Hall–Kier alpha value is -2.74. The minimum absolute atomic E-state index is 0.0995. The highest BCUT2D eigenvalue weighted by Crippen LogP contribution is 2.38. The lowest BCUT2D eigenvalue weighted by Crippen LogP contribution is -2.56. The molecule has 0 unspecified atom stereocenters. The number of nitrogens with one attached hydrogen (secondary N) is 2. The third kappa shape index (κ3) is 4.51. The van der Waals surface area contributed by atoms with Gasteiger partial charge in [-0.25, -0.2) is 0 Å². The molecule has 1 atom stereocenters. The summed E-state index contributed by atoms with van der Waals surface area (Å²) in [6.07, 6.45) is 2.29. The van der Waals surface area contributed by atoms with Crippen LogP contribution in [0.4, 0.5) is 0 Å². The number of benzene rings is 1. The van der Waals surface area contributed by atoms with E-state index in [1.54, 1.807) is 0 Å². The second-order valence-electron chi connectivity index (χ2n) is 7.06. The van der Waals surface area contributed by atoms with Crippen LogP contribution in [0.5, 0.6) is 0 Å². The van der Waals surface area contributed by atoms with E-state index in [4.69, 9.17) is 4.52 Å². The monoisotopic (exact) mass is 369 g/mol. The summed E-state index contributed by atoms with van der Waals surface area (Å²) in [7, 11) is 0. The third-order valence-corrected chi connectivity index (χ3v) is 4.91. The first kappa shape index (κ1) is 17.7. The van der Waals surface area contributed by atoms with Crippen LogP contribution in [0.3, 0.4) is 0 Å². The molecule has 2 amide bonds. The van der Waals surface area contributed by atoms with Crippen LogP contribution in [0.15, 0.2) is 34.9 Å². The van der Waals surface area contributed by atoms with Crippen molar-refractivity contribution < 1.29 is 14.1 Å². The summed E-state index contributed by atoms with van der Waals surface area (Å²) in [5.74, 6) is 1.22. The fourth-order valence-corrected chi connectivity index (χ4v) is 3.26. The average Bonchev–Trinajstić information content (AvgIpc) is 3.42. The van der Waals surface area contributed by atoms with E-state index in [2.05, 4.69) is 20.8 Å². The Balaban J connectivity index is 1.32. The molecule has 0 bridgehead atoms. The van der Waals surface area contributed by atoms with Gasteiger partial charge in [-0.3, -0.25) is 14.5 Å². The van der Waals surface area contributed by atoms with E-state index < -0.39 is 6.04 Å². The zero-order chi connectivity index (χ0) is 18.6. The lowest BCUT2D eigenvalue weighted by Gasteiger charge is -2.34. The first-order chi connectivity index (χ1) is 13.2. The van der Waals surface area contributed by atoms with Crippen molar-refractivity contribution >= 4 is 11.8 Å². The van der Waals surface area contributed by atoms with Gasteiger partial charge in [-0.2, -0.15) is 4.98 Å². The zero-order valence-corrected chi connectivity index (χ0v) is 15.1. The molecule has 2 aromatic rings. The fraction of sp³-hybridized carbons (Fsp3) is 0.474. The molecule has 1 aliphatic heterocycles. The smallest absolute Gasteiger partial charge is 0.246 e. The lowest BCUT2D eigenvalue weighted by atomic mass is 10.1. The molecule has 0 radical (unpaired) electrons. The Kier molecular flexibility index (Phi) is 5.15. The van der Waals surface area contributed by atoms with Gasteiger partial charge in [-0.05, 0) is 18.4 Å². The van der Waals surface area contributed by atoms with Crippen molar-refractivity contribution in [3.63, 3.8) is 0 Å². The Morgan fingerprint density at radius 1 is 1.30 bits per heavy atom. The van der Waals surface area contributed by atoms with Crippen LogP contribution in [0.1, 0.15) is 42.5 Å². The molecule has 2 heterocycles. The largest absolute Gasteiger partial charge is 0.353 e. The predicted octanol–water partition coefficient (Wildman–Crippen LogP) is 0.954. The zero-order valence-electron chi connectivity index (χ0n) is 15.1. The van der Waals surface area contributed by atoms with Crippen molar-refractivity contribution in [3.05, 3.63) is 47.6 Å². The molecule has 2 aliphatic rings. The minimum atomic E-state index is -0.483. The molecule has 1 aromatic heterocycles. The van der Waals surface area contributed by atoms with Crippen LogP contribution >= 0.6 is 0 Å². The second kappa shape index (κ2) is 7.87. The van der Waals surface area contributed by atoms with Crippen LogP contribution in [0, 0.1) is 0 Å². The van der Waals surface area contributed by atoms with Crippen LogP contribution in [0.25, 0.3) is 0 Å². The van der Waals surface area contributed by atoms with E-state index in [9.17, 15) is 9.59 Å². The first-order valence-electron chi connectivity index (χ1n) is 9.34. The van der Waals surface area contributed by atoms with E-state index in [0.717, 1.165) is 24.2 Å². The summed E-state index contributed by atoms with van der Waals surface area (Å²) in [5, 5.41) is 9.56. The molecule has 8 nitrogen and oxygen atoms in total. The Morgan fingerprint density at radius 3 is 2.89 bits per heavy atom. The van der Waals surface area contributed by atoms with Gasteiger partial charge in [0.25, 0.3) is 0 Å². The van der Waals surface area contributed by atoms with Crippen LogP contribution in [0.2, 0.25) is 0 Å². The number of aromatic nitrogens is 2. The van der Waals surface area contributed by atoms with Crippen molar-refractivity contribution in [2.75, 3.05) is 13.1 Å². The maximum Gasteiger partial charge on any atom is 0.246 e. The summed E-state index contributed by atoms with van der Waals surface area (Å²) < 4.78 is 5.16. The van der Waals surface area contributed by atoms with Gasteiger partial charge in [0, 0.05) is 25.6 Å². The number of hydrogen-bond acceptors (Lipinski definition) is 6. The number of amides is 2. The number of hydrogen-bond donors (Lipinski definition) is 2. The number of carbonyl (C=O) groups excluding carboxylic acids is 2. The molecule has 1 aromatic carbocycles. The summed E-state index contributed by atoms with van der Waals surface area (Å²) >= 11 is 0. The molecule has 4 rings (SSSR count). The number of rotatable bonds is 7. The van der Waals surface area contributed by atoms with Gasteiger partial charge in [0.15, 0.2) is 5.82 Å². The molecule has 2 fully saturated rings. The van der Waals surface area contributed by atoms with Crippen molar-refractivity contribution in [1.82, 2.24) is 25.7 Å². The molecule has 1 saturated carbocycles. The van der Waals surface area contributed by atoms with Crippen LogP contribution < -0.4 is 10.6 Å². The highest BCUT2D eigenvalue weighted by atomic mass is 16.5. The van der Waals surface area contributed by atoms with E-state index in [1.807, 2.05) is 35.2 Å². The molecular weight excluding hydrogens is 346 g/mol. The van der Waals surface area contributed by atoms with Crippen LogP contribution in [-0.4, -0.2) is 46.0 Å². The average molecular weight is 369 g/mol. The van der Waals surface area contributed by atoms with Crippen molar-refractivity contribution in [1.29, 1.82) is 0 Å². The van der Waals surface area contributed by atoms with Gasteiger partial charge < -0.3 is 15.2 Å². The number of piperazine rings is 1. The maximum atomic E-state index is 12.4. The van der Waals surface area contributed by atoms with E-state index in [0.29, 0.717) is 31.4 Å². The van der Waals surface area contributed by atoms with Gasteiger partial charge in [-0.15, -0.1) is 0 Å². The first-order valence-corrected chi connectivity index (χ1v) is 9.34. The van der Waals surface area contributed by atoms with E-state index >= 15 is 0 Å². The van der Waals surface area contributed by atoms with Gasteiger partial charge >= 0.3 is 0 Å². The molecule has 8 heteroatoms. The SMILES string of the molecule is O=C(C[C@@H]1C(=O)NCCN1Cc1ccccc1)NCc1nc(C2CC2)no1. The normalized spacial score (nSPS) is 20.3. The minimum Gasteiger partial charge on any atom is -0.353 e. The summed E-state index contributed by atoms with van der Waals surface area (Å²) in [4.78, 5) is 31.0. The van der Waals surface area contributed by atoms with Crippen LogP contribution in [-0.2, 0) is 22.7 Å². The van der Waals surface area contributed by atoms with Gasteiger partial charge in [0.2, 0.25) is 17.7 Å². The number of carbonyl (C=O) groups is 2. The Labute approximate surface area is 157 Å². The highest BCUT2D eigenvalue weighted by Gasteiger charge is 2.32. The van der Waals surface area contributed by atoms with Crippen molar-refractivity contribution in [3.8, 4) is 0 Å². The molecular formula is C19H23N5O3. The lowest BCUT2D eigenvalue weighted by molar-refractivity contribution is -0.134. The summed E-state index contributed by atoms with van der Waals surface area (Å²) in [5.41, 5.74) is 1.12. The van der Waals surface area contributed by atoms with Gasteiger partial charge in [0.05, 0.1) is 19.0 Å². The third-order valence-electron chi connectivity index (χ3n) is 4.91. The summed E-state index contributed by atoms with van der Waals surface area (Å²) in [6, 6.07) is 9.48. The molecule has 2 N–H and O–H groups in total. The molecule has 142 valence electrons. The summed E-state index contributed by atoms with van der Waals surface area (Å²) in [6.45, 7) is 2.13. The standard InChI is InChI=1S/C19H23N5O3/c25-16(21-11-17-22-18(23-27-17)14-6-7-14)10-15-19(26)20-8-9-24(15)12-13-4-2-1-3-5-13/h1-5,14-15H,6-12H2,(H,20,26)(H,21,25)/t15-/m1/s1. The van der Waals surface area contributed by atoms with E-state index in [-0.39, 0.29) is 24.8 Å². The highest BCUT2D eigenvalue weighted by molar-refractivity contribution is 5.88.